The molecule has 0 radical (unpaired) electrons. The van der Waals surface area contributed by atoms with Gasteiger partial charge in [-0.1, -0.05) is 17.7 Å². The zero-order valence-corrected chi connectivity index (χ0v) is 23.1. The van der Waals surface area contributed by atoms with Crippen LogP contribution in [0.25, 0.3) is 22.1 Å². The van der Waals surface area contributed by atoms with Gasteiger partial charge in [-0.05, 0) is 46.8 Å². The lowest BCUT2D eigenvalue weighted by molar-refractivity contribution is 0.0158. The van der Waals surface area contributed by atoms with E-state index >= 15 is 0 Å². The van der Waals surface area contributed by atoms with Gasteiger partial charge in [-0.15, -0.1) is 0 Å². The first kappa shape index (κ1) is 26.5. The van der Waals surface area contributed by atoms with Crippen LogP contribution in [0.2, 0.25) is 5.02 Å². The highest BCUT2D eigenvalue weighted by molar-refractivity contribution is 6.35. The largest absolute Gasteiger partial charge is 0.454 e. The first-order valence-electron chi connectivity index (χ1n) is 12.5. The van der Waals surface area contributed by atoms with Crippen molar-refractivity contribution in [3.8, 4) is 11.5 Å². The van der Waals surface area contributed by atoms with Crippen LogP contribution in [0.15, 0.2) is 39.7 Å². The van der Waals surface area contributed by atoms with Crippen LogP contribution >= 0.6 is 11.6 Å². The quantitative estimate of drug-likeness (QED) is 0.349. The third kappa shape index (κ3) is 5.26. The molecule has 4 aromatic rings. The fraction of sp³-hybridized carbons (Fsp3) is 0.370. The number of hydrogen-bond donors (Lipinski definition) is 1. The molecule has 0 bridgehead atoms. The number of pyridine rings is 1. The highest BCUT2D eigenvalue weighted by Crippen LogP contribution is 2.32. The van der Waals surface area contributed by atoms with Gasteiger partial charge in [0.2, 0.25) is 11.4 Å². The SMILES string of the molecule is Cc1nc(N2CCN(C(=O)OC(C)(C)C)[C@@H](C)C2)ncc1Oc1cc2oc3cccc(Cl)c3c(=O)c2nc1N. The number of anilines is 2. The van der Waals surface area contributed by atoms with Crippen LogP contribution in [0.3, 0.4) is 0 Å². The zero-order valence-electron chi connectivity index (χ0n) is 22.3. The highest BCUT2D eigenvalue weighted by Gasteiger charge is 2.32. The number of aryl methyl sites for hydroxylation is 1. The van der Waals surface area contributed by atoms with E-state index in [0.29, 0.717) is 42.6 Å². The number of hydrogen-bond acceptors (Lipinski definition) is 10. The Kier molecular flexibility index (Phi) is 6.71. The second-order valence-electron chi connectivity index (χ2n) is 10.5. The average Bonchev–Trinajstić information content (AvgIpc) is 2.85. The monoisotopic (exact) mass is 552 g/mol. The smallest absolute Gasteiger partial charge is 0.410 e. The Hall–Kier alpha value is -4.12. The van der Waals surface area contributed by atoms with E-state index in [-0.39, 0.29) is 50.6 Å². The Balaban J connectivity index is 1.36. The summed E-state index contributed by atoms with van der Waals surface area (Å²) in [6, 6.07) is 6.40. The van der Waals surface area contributed by atoms with Gasteiger partial charge in [-0.25, -0.2) is 19.7 Å². The summed E-state index contributed by atoms with van der Waals surface area (Å²) < 4.78 is 17.4. The van der Waals surface area contributed by atoms with Crippen molar-refractivity contribution in [3.63, 3.8) is 0 Å². The van der Waals surface area contributed by atoms with Gasteiger partial charge in [-0.2, -0.15) is 0 Å². The lowest BCUT2D eigenvalue weighted by Crippen LogP contribution is -2.55. The molecule has 1 amide bonds. The predicted octanol–water partition coefficient (Wildman–Crippen LogP) is 4.91. The Morgan fingerprint density at radius 1 is 1.18 bits per heavy atom. The van der Waals surface area contributed by atoms with E-state index in [4.69, 9.17) is 31.2 Å². The molecule has 12 heteroatoms. The van der Waals surface area contributed by atoms with Crippen LogP contribution in [0.1, 0.15) is 33.4 Å². The Morgan fingerprint density at radius 3 is 2.64 bits per heavy atom. The number of rotatable bonds is 3. The number of nitrogens with two attached hydrogens (primary N) is 1. The van der Waals surface area contributed by atoms with E-state index < -0.39 is 5.60 Å². The number of ether oxygens (including phenoxy) is 2. The molecule has 4 heterocycles. The van der Waals surface area contributed by atoms with E-state index in [1.54, 1.807) is 36.2 Å². The average molecular weight is 553 g/mol. The number of fused-ring (bicyclic) bond motifs is 2. The van der Waals surface area contributed by atoms with Crippen LogP contribution in [0.5, 0.6) is 11.5 Å². The number of amides is 1. The summed E-state index contributed by atoms with van der Waals surface area (Å²) in [6.45, 7) is 10.9. The minimum atomic E-state index is -0.555. The molecule has 204 valence electrons. The van der Waals surface area contributed by atoms with Gasteiger partial charge in [0.05, 0.1) is 22.3 Å². The Labute approximate surface area is 229 Å². The molecule has 0 aliphatic carbocycles. The molecule has 5 rings (SSSR count). The van der Waals surface area contributed by atoms with E-state index in [1.807, 2.05) is 32.6 Å². The predicted molar refractivity (Wildman–Crippen MR) is 149 cm³/mol. The number of carbonyl (C=O) groups is 1. The summed E-state index contributed by atoms with van der Waals surface area (Å²) in [6.07, 6.45) is 1.23. The first-order valence-corrected chi connectivity index (χ1v) is 12.9. The maximum Gasteiger partial charge on any atom is 0.410 e. The van der Waals surface area contributed by atoms with Gasteiger partial charge < -0.3 is 29.4 Å². The highest BCUT2D eigenvalue weighted by atomic mass is 35.5. The number of aromatic nitrogens is 3. The minimum Gasteiger partial charge on any atom is -0.454 e. The van der Waals surface area contributed by atoms with Gasteiger partial charge in [0.1, 0.15) is 11.2 Å². The van der Waals surface area contributed by atoms with Crippen molar-refractivity contribution in [2.24, 2.45) is 0 Å². The zero-order chi connectivity index (χ0) is 28.1. The molecule has 1 atom stereocenters. The maximum atomic E-state index is 13.0. The lowest BCUT2D eigenvalue weighted by Gasteiger charge is -2.40. The minimum absolute atomic E-state index is 0.0109. The number of nitrogen functional groups attached to an aromatic ring is 1. The van der Waals surface area contributed by atoms with E-state index in [1.165, 1.54) is 6.07 Å². The van der Waals surface area contributed by atoms with E-state index in [2.05, 4.69) is 15.0 Å². The van der Waals surface area contributed by atoms with Crippen molar-refractivity contribution in [1.82, 2.24) is 19.9 Å². The fourth-order valence-electron chi connectivity index (χ4n) is 4.41. The molecule has 2 N–H and O–H groups in total. The standard InChI is InChI=1S/C27H29ClN6O5/c1-14-13-33(9-10-34(14)26(36)39-27(3,4)5)25-30-12-20(15(2)31-25)38-19-11-18-22(32-24(19)29)23(35)21-16(28)7-6-8-17(21)37-18/h6-8,11-12,14H,9-10,13H2,1-5H3,(H2,29,32)/t14-/m0/s1. The molecule has 1 saturated heterocycles. The van der Waals surface area contributed by atoms with Gasteiger partial charge in [0.15, 0.2) is 28.4 Å². The van der Waals surface area contributed by atoms with Crippen molar-refractivity contribution >= 4 is 51.5 Å². The van der Waals surface area contributed by atoms with E-state index in [0.717, 1.165) is 0 Å². The topological polar surface area (TPSA) is 137 Å². The molecule has 11 nitrogen and oxygen atoms in total. The summed E-state index contributed by atoms with van der Waals surface area (Å²) >= 11 is 6.20. The molecule has 0 saturated carbocycles. The fourth-order valence-corrected chi connectivity index (χ4v) is 4.66. The molecule has 0 unspecified atom stereocenters. The van der Waals surface area contributed by atoms with E-state index in [9.17, 15) is 9.59 Å². The first-order chi connectivity index (χ1) is 18.4. The Bertz CT molecular complexity index is 1650. The van der Waals surface area contributed by atoms with Crippen LogP contribution in [0.4, 0.5) is 16.6 Å². The maximum absolute atomic E-state index is 13.0. The number of piperazine rings is 1. The second-order valence-corrected chi connectivity index (χ2v) is 10.9. The summed E-state index contributed by atoms with van der Waals surface area (Å²) in [5.74, 6) is 1.11. The number of halogens is 1. The van der Waals surface area contributed by atoms with Crippen molar-refractivity contribution < 1.29 is 18.7 Å². The molecule has 1 aromatic carbocycles. The van der Waals surface area contributed by atoms with Crippen LogP contribution < -0.4 is 20.8 Å². The molecular formula is C27H29ClN6O5. The van der Waals surface area contributed by atoms with Crippen molar-refractivity contribution in [2.75, 3.05) is 30.3 Å². The normalized spacial score (nSPS) is 16.1. The van der Waals surface area contributed by atoms with Gasteiger partial charge in [0.25, 0.3) is 0 Å². The molecule has 3 aromatic heterocycles. The second kappa shape index (κ2) is 9.88. The molecule has 39 heavy (non-hydrogen) atoms. The molecule has 0 spiro atoms. The Morgan fingerprint density at radius 2 is 1.95 bits per heavy atom. The molecule has 1 aliphatic heterocycles. The molecular weight excluding hydrogens is 524 g/mol. The van der Waals surface area contributed by atoms with Crippen LogP contribution in [-0.4, -0.2) is 57.2 Å². The molecule has 1 fully saturated rings. The number of nitrogens with zero attached hydrogens (tertiary/aromatic N) is 5. The van der Waals surface area contributed by atoms with Crippen molar-refractivity contribution in [3.05, 3.63) is 51.4 Å². The van der Waals surface area contributed by atoms with Crippen LogP contribution in [-0.2, 0) is 4.74 Å². The third-order valence-corrected chi connectivity index (χ3v) is 6.61. The van der Waals surface area contributed by atoms with Gasteiger partial charge >= 0.3 is 6.09 Å². The lowest BCUT2D eigenvalue weighted by atomic mass is 10.2. The number of carbonyl (C=O) groups excluding carboxylic acids is 1. The summed E-state index contributed by atoms with van der Waals surface area (Å²) in [5.41, 5.74) is 6.39. The third-order valence-electron chi connectivity index (χ3n) is 6.30. The number of benzene rings is 1. The van der Waals surface area contributed by atoms with Crippen molar-refractivity contribution in [2.45, 2.75) is 46.3 Å². The van der Waals surface area contributed by atoms with Gasteiger partial charge in [0, 0.05) is 31.7 Å². The summed E-state index contributed by atoms with van der Waals surface area (Å²) in [7, 11) is 0. The van der Waals surface area contributed by atoms with Gasteiger partial charge in [-0.3, -0.25) is 4.79 Å². The molecule has 1 aliphatic rings. The van der Waals surface area contributed by atoms with Crippen LogP contribution in [0, 0.1) is 6.92 Å². The summed E-state index contributed by atoms with van der Waals surface area (Å²) in [5, 5.41) is 0.519. The summed E-state index contributed by atoms with van der Waals surface area (Å²) in [4.78, 5) is 42.6. The van der Waals surface area contributed by atoms with Crippen molar-refractivity contribution in [1.29, 1.82) is 0 Å².